The molecule has 1 atom stereocenters. The lowest BCUT2D eigenvalue weighted by Gasteiger charge is -2.34. The quantitative estimate of drug-likeness (QED) is 0.149. The summed E-state index contributed by atoms with van der Waals surface area (Å²) in [5, 5.41) is 0. The Labute approximate surface area is 328 Å². The highest BCUT2D eigenvalue weighted by Gasteiger charge is 2.47. The molecule has 0 aliphatic heterocycles. The molecule has 6 aromatic carbocycles. The molecule has 56 heavy (non-hydrogen) atoms. The third-order valence-electron chi connectivity index (χ3n) is 10.7. The van der Waals surface area contributed by atoms with Gasteiger partial charge in [-0.3, -0.25) is 4.98 Å². The standard InChI is InChI=1S/C52H38N4/c1-3-44(48-45-25-14-15-26-47(45)52(46(48)4-2,42-23-12-7-13-24-42)43-31-33-53-34-32-43)37-29-27-36(28-30-37)40-21-16-22-41(35-40)51-55-49(38-17-8-5-9-18-38)54-50(56-51)39-19-10-6-11-20-39/h3-35H,2H2,1H3/b44-3-. The Balaban J connectivity index is 1.12. The summed E-state index contributed by atoms with van der Waals surface area (Å²) < 4.78 is 0. The molecule has 9 rings (SSSR count). The van der Waals surface area contributed by atoms with Gasteiger partial charge in [-0.05, 0) is 80.8 Å². The van der Waals surface area contributed by atoms with Crippen LogP contribution in [0.25, 0.3) is 56.4 Å². The Morgan fingerprint density at radius 3 is 1.62 bits per heavy atom. The number of rotatable bonds is 9. The van der Waals surface area contributed by atoms with Gasteiger partial charge in [-0.25, -0.2) is 15.0 Å². The second-order valence-electron chi connectivity index (χ2n) is 13.8. The van der Waals surface area contributed by atoms with Crippen LogP contribution in [-0.2, 0) is 5.41 Å². The van der Waals surface area contributed by atoms with E-state index in [1.165, 1.54) is 22.3 Å². The van der Waals surface area contributed by atoms with Gasteiger partial charge in [0.1, 0.15) is 0 Å². The van der Waals surface area contributed by atoms with Crippen LogP contribution in [0.1, 0.15) is 34.7 Å². The summed E-state index contributed by atoms with van der Waals surface area (Å²) in [7, 11) is 0. The van der Waals surface area contributed by atoms with Gasteiger partial charge in [0.15, 0.2) is 17.5 Å². The fourth-order valence-electron chi connectivity index (χ4n) is 8.20. The van der Waals surface area contributed by atoms with Gasteiger partial charge in [0.05, 0.1) is 5.41 Å². The number of fused-ring (bicyclic) bond motifs is 1. The maximum absolute atomic E-state index is 4.97. The molecule has 0 radical (unpaired) electrons. The molecule has 0 N–H and O–H groups in total. The molecule has 0 fully saturated rings. The van der Waals surface area contributed by atoms with E-state index >= 15 is 0 Å². The average molecular weight is 719 g/mol. The highest BCUT2D eigenvalue weighted by Crippen LogP contribution is 2.57. The molecule has 0 spiro atoms. The SMILES string of the molecule is C=CC1=C(/C(=C\C)c2ccc(-c3cccc(-c4nc(-c5ccccc5)nc(-c5ccccc5)n4)c3)cc2)c2ccccc2C1(c1ccccc1)c1ccncc1. The maximum atomic E-state index is 4.97. The molecule has 1 aliphatic rings. The van der Waals surface area contributed by atoms with Crippen molar-refractivity contribution in [1.82, 2.24) is 19.9 Å². The average Bonchev–Trinajstić information content (AvgIpc) is 3.58. The first-order valence-electron chi connectivity index (χ1n) is 18.9. The smallest absolute Gasteiger partial charge is 0.164 e. The number of hydrogen-bond acceptors (Lipinski definition) is 4. The van der Waals surface area contributed by atoms with Gasteiger partial charge < -0.3 is 0 Å². The van der Waals surface area contributed by atoms with E-state index in [2.05, 4.69) is 146 Å². The minimum Gasteiger partial charge on any atom is -0.265 e. The molecular weight excluding hydrogens is 681 g/mol. The number of allylic oxidation sites excluding steroid dienone is 5. The molecule has 2 aromatic heterocycles. The van der Waals surface area contributed by atoms with Crippen LogP contribution in [0.3, 0.4) is 0 Å². The largest absolute Gasteiger partial charge is 0.265 e. The van der Waals surface area contributed by atoms with E-state index in [4.69, 9.17) is 15.0 Å². The predicted molar refractivity (Wildman–Crippen MR) is 229 cm³/mol. The first-order valence-corrected chi connectivity index (χ1v) is 18.9. The van der Waals surface area contributed by atoms with Crippen LogP contribution >= 0.6 is 0 Å². The first-order chi connectivity index (χ1) is 27.7. The van der Waals surface area contributed by atoms with Gasteiger partial charge in [0.25, 0.3) is 0 Å². The molecule has 2 heterocycles. The topological polar surface area (TPSA) is 51.6 Å². The third kappa shape index (κ3) is 5.98. The molecule has 0 amide bonds. The van der Waals surface area contributed by atoms with Crippen molar-refractivity contribution >= 4 is 11.1 Å². The molecular formula is C52H38N4. The summed E-state index contributed by atoms with van der Waals surface area (Å²) in [6.07, 6.45) is 8.06. The van der Waals surface area contributed by atoms with Gasteiger partial charge in [-0.1, -0.05) is 176 Å². The van der Waals surface area contributed by atoms with E-state index in [9.17, 15) is 0 Å². The predicted octanol–water partition coefficient (Wildman–Crippen LogP) is 12.3. The van der Waals surface area contributed by atoms with Crippen molar-refractivity contribution in [2.24, 2.45) is 0 Å². The Morgan fingerprint density at radius 2 is 1.02 bits per heavy atom. The maximum Gasteiger partial charge on any atom is 0.164 e. The zero-order valence-electron chi connectivity index (χ0n) is 31.0. The van der Waals surface area contributed by atoms with E-state index in [1.807, 2.05) is 73.1 Å². The van der Waals surface area contributed by atoms with Gasteiger partial charge in [0, 0.05) is 29.1 Å². The fraction of sp³-hybridized carbons (Fsp3) is 0.0385. The van der Waals surface area contributed by atoms with Gasteiger partial charge in [0.2, 0.25) is 0 Å². The zero-order valence-corrected chi connectivity index (χ0v) is 31.0. The molecule has 4 heteroatoms. The normalized spacial score (nSPS) is 15.1. The number of benzene rings is 6. The van der Waals surface area contributed by atoms with Crippen molar-refractivity contribution in [3.8, 4) is 45.3 Å². The van der Waals surface area contributed by atoms with Crippen molar-refractivity contribution in [2.75, 3.05) is 0 Å². The van der Waals surface area contributed by atoms with Crippen LogP contribution in [0, 0.1) is 0 Å². The highest BCUT2D eigenvalue weighted by atomic mass is 15.0. The number of hydrogen-bond donors (Lipinski definition) is 0. The van der Waals surface area contributed by atoms with Crippen LogP contribution < -0.4 is 0 Å². The molecule has 266 valence electrons. The second kappa shape index (κ2) is 14.8. The lowest BCUT2D eigenvalue weighted by Crippen LogP contribution is -2.29. The fourth-order valence-corrected chi connectivity index (χ4v) is 8.20. The van der Waals surface area contributed by atoms with Crippen molar-refractivity contribution in [1.29, 1.82) is 0 Å². The monoisotopic (exact) mass is 718 g/mol. The third-order valence-corrected chi connectivity index (χ3v) is 10.7. The van der Waals surface area contributed by atoms with Crippen LogP contribution in [0.2, 0.25) is 0 Å². The van der Waals surface area contributed by atoms with Crippen LogP contribution in [0.4, 0.5) is 0 Å². The number of nitrogens with zero attached hydrogens (tertiary/aromatic N) is 4. The summed E-state index contributed by atoms with van der Waals surface area (Å²) in [6, 6.07) is 61.3. The Kier molecular flexibility index (Phi) is 9.14. The number of aromatic nitrogens is 4. The Bertz CT molecular complexity index is 2640. The zero-order chi connectivity index (χ0) is 37.9. The molecule has 1 unspecified atom stereocenters. The van der Waals surface area contributed by atoms with E-state index in [1.54, 1.807) is 0 Å². The molecule has 0 saturated carbocycles. The second-order valence-corrected chi connectivity index (χ2v) is 13.8. The lowest BCUT2D eigenvalue weighted by molar-refractivity contribution is 0.760. The van der Waals surface area contributed by atoms with E-state index < -0.39 is 5.41 Å². The minimum atomic E-state index is -0.553. The van der Waals surface area contributed by atoms with Crippen LogP contribution in [0.15, 0.2) is 213 Å². The molecule has 0 bridgehead atoms. The molecule has 1 aliphatic carbocycles. The van der Waals surface area contributed by atoms with E-state index in [0.717, 1.165) is 50.1 Å². The molecule has 8 aromatic rings. The summed E-state index contributed by atoms with van der Waals surface area (Å²) in [4.78, 5) is 19.2. The van der Waals surface area contributed by atoms with Gasteiger partial charge in [-0.2, -0.15) is 0 Å². The van der Waals surface area contributed by atoms with Crippen molar-refractivity contribution in [3.63, 3.8) is 0 Å². The van der Waals surface area contributed by atoms with Crippen LogP contribution in [-0.4, -0.2) is 19.9 Å². The lowest BCUT2D eigenvalue weighted by atomic mass is 9.67. The summed E-state index contributed by atoms with van der Waals surface area (Å²) >= 11 is 0. The summed E-state index contributed by atoms with van der Waals surface area (Å²) in [5.41, 5.74) is 13.9. The molecule has 4 nitrogen and oxygen atoms in total. The Morgan fingerprint density at radius 1 is 0.500 bits per heavy atom. The van der Waals surface area contributed by atoms with E-state index in [0.29, 0.717) is 17.5 Å². The minimum absolute atomic E-state index is 0.553. The van der Waals surface area contributed by atoms with Gasteiger partial charge in [-0.15, -0.1) is 0 Å². The molecule has 0 saturated heterocycles. The number of pyridine rings is 1. The summed E-state index contributed by atoms with van der Waals surface area (Å²) in [5.74, 6) is 1.92. The van der Waals surface area contributed by atoms with E-state index in [-0.39, 0.29) is 0 Å². The first kappa shape index (κ1) is 34.5. The van der Waals surface area contributed by atoms with Crippen LogP contribution in [0.5, 0.6) is 0 Å². The summed E-state index contributed by atoms with van der Waals surface area (Å²) in [6.45, 7) is 6.57. The van der Waals surface area contributed by atoms with Crippen molar-refractivity contribution < 1.29 is 0 Å². The van der Waals surface area contributed by atoms with Crippen molar-refractivity contribution in [2.45, 2.75) is 12.3 Å². The Hall–Kier alpha value is -7.30. The van der Waals surface area contributed by atoms with Gasteiger partial charge >= 0.3 is 0 Å². The highest BCUT2D eigenvalue weighted by molar-refractivity contribution is 6.11. The van der Waals surface area contributed by atoms with Crippen molar-refractivity contribution in [3.05, 3.63) is 240 Å².